The number of carbonyl (C=O) groups is 1. The van der Waals surface area contributed by atoms with Gasteiger partial charge in [0.2, 0.25) is 0 Å². The Kier molecular flexibility index (Phi) is 6.93. The maximum atomic E-state index is 10.9. The summed E-state index contributed by atoms with van der Waals surface area (Å²) in [7, 11) is 1.25. The smallest absolute Gasteiger partial charge is 0.427 e. The van der Waals surface area contributed by atoms with E-state index >= 15 is 0 Å². The summed E-state index contributed by atoms with van der Waals surface area (Å²) >= 11 is 0. The van der Waals surface area contributed by atoms with Gasteiger partial charge < -0.3 is 14.2 Å². The second-order valence-electron chi connectivity index (χ2n) is 4.88. The molecule has 1 amide bonds. The molecule has 0 saturated heterocycles. The quantitative estimate of drug-likeness (QED) is 0.336. The summed E-state index contributed by atoms with van der Waals surface area (Å²) in [5.41, 5.74) is 2.93. The molecular weight excluding hydrogens is 342 g/mol. The van der Waals surface area contributed by atoms with E-state index in [9.17, 15) is 14.9 Å². The average Bonchev–Trinajstić information content (AvgIpc) is 2.66. The fraction of sp³-hybridized carbons (Fsp3) is 0.176. The predicted octanol–water partition coefficient (Wildman–Crippen LogP) is 2.74. The van der Waals surface area contributed by atoms with Crippen LogP contribution in [0.25, 0.3) is 0 Å². The lowest BCUT2D eigenvalue weighted by Crippen LogP contribution is -2.16. The van der Waals surface area contributed by atoms with Gasteiger partial charge in [-0.2, -0.15) is 5.10 Å². The lowest BCUT2D eigenvalue weighted by atomic mass is 10.2. The van der Waals surface area contributed by atoms with Gasteiger partial charge in [-0.15, -0.1) is 0 Å². The average molecular weight is 359 g/mol. The van der Waals surface area contributed by atoms with Crippen molar-refractivity contribution in [3.8, 4) is 11.5 Å². The van der Waals surface area contributed by atoms with Crippen molar-refractivity contribution in [3.63, 3.8) is 0 Å². The number of nitro groups is 1. The highest BCUT2D eigenvalue weighted by Gasteiger charge is 2.04. The van der Waals surface area contributed by atoms with Crippen LogP contribution in [0.5, 0.6) is 11.5 Å². The number of methoxy groups -OCH3 is 1. The Bertz CT molecular complexity index is 776. The molecule has 0 fully saturated rings. The van der Waals surface area contributed by atoms with Gasteiger partial charge in [-0.3, -0.25) is 10.1 Å². The number of amides is 1. The molecule has 136 valence electrons. The Labute approximate surface area is 149 Å². The van der Waals surface area contributed by atoms with Crippen molar-refractivity contribution in [3.05, 3.63) is 64.2 Å². The third-order valence-corrected chi connectivity index (χ3v) is 3.08. The first-order chi connectivity index (χ1) is 12.6. The minimum atomic E-state index is -0.656. The first-order valence-electron chi connectivity index (χ1n) is 7.55. The minimum absolute atomic E-state index is 0.00812. The second-order valence-corrected chi connectivity index (χ2v) is 4.88. The largest absolute Gasteiger partial charge is 0.490 e. The van der Waals surface area contributed by atoms with Gasteiger partial charge >= 0.3 is 6.09 Å². The number of hydrogen-bond donors (Lipinski definition) is 1. The number of hydrazone groups is 1. The molecule has 9 heteroatoms. The maximum Gasteiger partial charge on any atom is 0.427 e. The van der Waals surface area contributed by atoms with Crippen LogP contribution in [0.3, 0.4) is 0 Å². The van der Waals surface area contributed by atoms with Gasteiger partial charge in [-0.1, -0.05) is 12.1 Å². The Hall–Kier alpha value is -3.62. The van der Waals surface area contributed by atoms with Gasteiger partial charge in [0.1, 0.15) is 24.7 Å². The van der Waals surface area contributed by atoms with E-state index in [1.807, 2.05) is 0 Å². The monoisotopic (exact) mass is 359 g/mol. The number of nitrogens with one attached hydrogen (secondary N) is 1. The number of non-ortho nitro benzene ring substituents is 1. The number of carbonyl (C=O) groups excluding carboxylic acids is 1. The number of nitro benzene ring substituents is 1. The van der Waals surface area contributed by atoms with Gasteiger partial charge in [0.05, 0.1) is 18.2 Å². The van der Waals surface area contributed by atoms with E-state index < -0.39 is 11.0 Å². The van der Waals surface area contributed by atoms with E-state index in [1.165, 1.54) is 37.6 Å². The third-order valence-electron chi connectivity index (χ3n) is 3.08. The molecule has 0 aromatic heterocycles. The molecule has 0 atom stereocenters. The third kappa shape index (κ3) is 6.11. The summed E-state index contributed by atoms with van der Waals surface area (Å²) in [6.45, 7) is 0.567. The fourth-order valence-corrected chi connectivity index (χ4v) is 1.87. The number of nitrogens with zero attached hydrogens (tertiary/aromatic N) is 2. The summed E-state index contributed by atoms with van der Waals surface area (Å²) in [6, 6.07) is 12.9. The van der Waals surface area contributed by atoms with Gasteiger partial charge in [-0.05, 0) is 29.8 Å². The van der Waals surface area contributed by atoms with Gasteiger partial charge in [-0.25, -0.2) is 10.2 Å². The molecule has 0 aliphatic rings. The zero-order chi connectivity index (χ0) is 18.8. The number of benzene rings is 2. The van der Waals surface area contributed by atoms with E-state index in [-0.39, 0.29) is 18.9 Å². The molecule has 0 unspecified atom stereocenters. The molecule has 2 aromatic carbocycles. The summed E-state index contributed by atoms with van der Waals surface area (Å²) < 4.78 is 15.4. The van der Waals surface area contributed by atoms with Crippen LogP contribution in [0.4, 0.5) is 10.5 Å². The molecule has 9 nitrogen and oxygen atoms in total. The Morgan fingerprint density at radius 2 is 1.85 bits per heavy atom. The van der Waals surface area contributed by atoms with Crippen molar-refractivity contribution in [2.24, 2.45) is 5.10 Å². The highest BCUT2D eigenvalue weighted by atomic mass is 16.6. The van der Waals surface area contributed by atoms with Crippen molar-refractivity contribution in [1.29, 1.82) is 0 Å². The minimum Gasteiger partial charge on any atom is -0.490 e. The van der Waals surface area contributed by atoms with Crippen molar-refractivity contribution in [1.82, 2.24) is 5.43 Å². The van der Waals surface area contributed by atoms with Gasteiger partial charge in [0.15, 0.2) is 0 Å². The zero-order valence-electron chi connectivity index (χ0n) is 14.0. The fourth-order valence-electron chi connectivity index (χ4n) is 1.87. The summed E-state index contributed by atoms with van der Waals surface area (Å²) in [5, 5.41) is 14.3. The molecule has 2 aromatic rings. The van der Waals surface area contributed by atoms with E-state index in [2.05, 4.69) is 15.3 Å². The van der Waals surface area contributed by atoms with E-state index in [1.54, 1.807) is 24.3 Å². The van der Waals surface area contributed by atoms with Crippen LogP contribution in [0, 0.1) is 10.1 Å². The summed E-state index contributed by atoms with van der Waals surface area (Å²) in [5.74, 6) is 1.13. The Balaban J connectivity index is 1.78. The summed E-state index contributed by atoms with van der Waals surface area (Å²) in [4.78, 5) is 21.0. The van der Waals surface area contributed by atoms with Crippen LogP contribution in [-0.4, -0.2) is 37.6 Å². The highest BCUT2D eigenvalue weighted by Crippen LogP contribution is 2.17. The first-order valence-corrected chi connectivity index (χ1v) is 7.55. The normalized spacial score (nSPS) is 10.3. The maximum absolute atomic E-state index is 10.9. The van der Waals surface area contributed by atoms with Crippen LogP contribution in [-0.2, 0) is 4.74 Å². The Morgan fingerprint density at radius 1 is 1.15 bits per heavy atom. The van der Waals surface area contributed by atoms with Gasteiger partial charge in [0.25, 0.3) is 5.69 Å². The first kappa shape index (κ1) is 18.7. The van der Waals surface area contributed by atoms with Crippen LogP contribution in [0.15, 0.2) is 53.6 Å². The second kappa shape index (κ2) is 9.62. The highest BCUT2D eigenvalue weighted by molar-refractivity contribution is 5.81. The molecule has 2 rings (SSSR count). The lowest BCUT2D eigenvalue weighted by Gasteiger charge is -2.08. The molecule has 0 radical (unpaired) electrons. The topological polar surface area (TPSA) is 112 Å². The number of ether oxygens (including phenoxy) is 3. The van der Waals surface area contributed by atoms with E-state index in [0.717, 1.165) is 5.56 Å². The molecule has 26 heavy (non-hydrogen) atoms. The van der Waals surface area contributed by atoms with E-state index in [0.29, 0.717) is 11.5 Å². The van der Waals surface area contributed by atoms with Crippen LogP contribution in [0.2, 0.25) is 0 Å². The van der Waals surface area contributed by atoms with Crippen molar-refractivity contribution in [2.75, 3.05) is 20.3 Å². The van der Waals surface area contributed by atoms with E-state index in [4.69, 9.17) is 9.47 Å². The molecule has 0 spiro atoms. The van der Waals surface area contributed by atoms with Crippen LogP contribution >= 0.6 is 0 Å². The van der Waals surface area contributed by atoms with Crippen LogP contribution < -0.4 is 14.9 Å². The standard InChI is InChI=1S/C17H17N3O6/c1-24-17(21)19-18-12-13-3-2-4-16(11-13)26-10-9-25-15-7-5-14(6-8-15)20(22)23/h2-8,11-12H,9-10H2,1H3,(H,19,21). The molecule has 0 aliphatic carbocycles. The Morgan fingerprint density at radius 3 is 2.50 bits per heavy atom. The molecule has 1 N–H and O–H groups in total. The van der Waals surface area contributed by atoms with Gasteiger partial charge in [0, 0.05) is 12.1 Å². The molecule has 0 saturated carbocycles. The molecule has 0 bridgehead atoms. The van der Waals surface area contributed by atoms with Crippen molar-refractivity contribution < 1.29 is 23.9 Å². The molecule has 0 aliphatic heterocycles. The summed E-state index contributed by atoms with van der Waals surface area (Å²) in [6.07, 6.45) is 0.800. The van der Waals surface area contributed by atoms with Crippen molar-refractivity contribution >= 4 is 18.0 Å². The predicted molar refractivity (Wildman–Crippen MR) is 93.7 cm³/mol. The lowest BCUT2D eigenvalue weighted by molar-refractivity contribution is -0.384. The molecular formula is C17H17N3O6. The molecule has 0 heterocycles. The SMILES string of the molecule is COC(=O)NN=Cc1cccc(OCCOc2ccc([N+](=O)[O-])cc2)c1. The number of hydrogen-bond acceptors (Lipinski definition) is 7. The van der Waals surface area contributed by atoms with Crippen LogP contribution in [0.1, 0.15) is 5.56 Å². The number of rotatable bonds is 8. The zero-order valence-corrected chi connectivity index (χ0v) is 14.0. The van der Waals surface area contributed by atoms with Crippen molar-refractivity contribution in [2.45, 2.75) is 0 Å².